The number of amides is 7. The molecule has 44 heteroatoms. The molecule has 0 aliphatic carbocycles. The van der Waals surface area contributed by atoms with Gasteiger partial charge in [-0.2, -0.15) is 0 Å². The fourth-order valence-corrected chi connectivity index (χ4v) is 12.0. The number of carbonyl (C=O) groups excluding carboxylic acids is 13. The quantitative estimate of drug-likeness (QED) is 0.0238. The third-order valence-electron chi connectivity index (χ3n) is 17.6. The molecule has 129 heavy (non-hydrogen) atoms. The van der Waals surface area contributed by atoms with Gasteiger partial charge in [-0.3, -0.25) is 35.1 Å². The highest BCUT2D eigenvalue weighted by Gasteiger charge is 2.28. The fourth-order valence-electron chi connectivity index (χ4n) is 12.0. The summed E-state index contributed by atoms with van der Waals surface area (Å²) >= 11 is 0. The maximum atomic E-state index is 12.8. The van der Waals surface area contributed by atoms with Crippen LogP contribution in [0.2, 0.25) is 0 Å². The van der Waals surface area contributed by atoms with E-state index in [1.807, 2.05) is 0 Å². The molecule has 11 heterocycles. The first-order valence-electron chi connectivity index (χ1n) is 38.2. The number of nitrogens with zero attached hydrogens (tertiary/aromatic N) is 11. The van der Waals surface area contributed by atoms with Crippen LogP contribution in [0.4, 0.5) is 59.9 Å². The minimum absolute atomic E-state index is 0. The number of nitrogens with two attached hydrogens (primary N) is 1. The summed E-state index contributed by atoms with van der Waals surface area (Å²) in [7, 11) is 21.8. The SMILES string of the molecule is C.COC(=O)c1cc(OC(=O)c2cc(NC(=O)c3cc(N)cn3C)cn2C)cn1C.COC(=O)c1cc(OC(=O)c2cc(NC(=O)c3cc(NC(=O)OC(C)(C)C)cn3C)cn2C)cn1C.COC(=O)c1cc(OC(=O)c2cc(NC(=O)c3cc(NC(=O)OC(C)(C)C)cn3C)cn2C)cn1C.Cl.Cn1cc(NC(=O)c2cc(NC(=O)OC(C)(C)C)cn2C)cc1C(=O)O. The lowest BCUT2D eigenvalue weighted by Gasteiger charge is -2.19. The van der Waals surface area contributed by atoms with Crippen LogP contribution in [-0.4, -0.2) is 177 Å². The molecule has 0 fully saturated rings. The van der Waals surface area contributed by atoms with Crippen molar-refractivity contribution in [2.24, 2.45) is 77.5 Å². The molecule has 0 saturated carbocycles. The number of nitrogen functional groups attached to an aromatic ring is 1. The smallest absolute Gasteiger partial charge is 0.412 e. The lowest BCUT2D eigenvalue weighted by molar-refractivity contribution is 0.0581. The molecule has 11 aromatic heterocycles. The van der Waals surface area contributed by atoms with Gasteiger partial charge < -0.3 is 125 Å². The summed E-state index contributed by atoms with van der Waals surface area (Å²) in [5, 5.41) is 27.6. The van der Waals surface area contributed by atoms with Gasteiger partial charge in [0.05, 0.1) is 66.8 Å². The molecule has 0 aliphatic heterocycles. The summed E-state index contributed by atoms with van der Waals surface area (Å²) in [6.07, 6.45) is 15.1. The number of anilines is 8. The zero-order chi connectivity index (χ0) is 94.5. The first-order chi connectivity index (χ1) is 59.2. The number of hydrogen-bond donors (Lipinski definition) is 9. The summed E-state index contributed by atoms with van der Waals surface area (Å²) in [6, 6.07) is 16.1. The minimum atomic E-state index is -1.09. The van der Waals surface area contributed by atoms with Gasteiger partial charge in [0.15, 0.2) is 0 Å². The average Bonchev–Trinajstić information content (AvgIpc) is 1.66. The van der Waals surface area contributed by atoms with E-state index in [1.54, 1.807) is 208 Å². The molecule has 7 amide bonds. The van der Waals surface area contributed by atoms with Crippen LogP contribution in [-0.2, 0) is 106 Å². The normalized spacial score (nSPS) is 10.8. The number of aromatic carboxylic acids is 1. The number of esters is 6. The summed E-state index contributed by atoms with van der Waals surface area (Å²) in [4.78, 5) is 170. The van der Waals surface area contributed by atoms with Gasteiger partial charge in [-0.25, -0.2) is 47.9 Å². The van der Waals surface area contributed by atoms with Crippen LogP contribution in [0, 0.1) is 0 Å². The second kappa shape index (κ2) is 42.2. The molecule has 10 N–H and O–H groups in total. The monoisotopic (exact) mass is 1810 g/mol. The molecule has 0 spiro atoms. The maximum Gasteiger partial charge on any atom is 0.412 e. The van der Waals surface area contributed by atoms with Crippen molar-refractivity contribution in [2.45, 2.75) is 86.5 Å². The molecule has 0 unspecified atom stereocenters. The average molecular weight is 1810 g/mol. The number of aromatic nitrogens is 11. The number of nitrogens with one attached hydrogen (secondary N) is 7. The van der Waals surface area contributed by atoms with Crippen molar-refractivity contribution in [3.8, 4) is 17.2 Å². The zero-order valence-corrected chi connectivity index (χ0v) is 75.3. The number of hydrogen-bond acceptors (Lipinski definition) is 24. The van der Waals surface area contributed by atoms with Crippen LogP contribution in [0.3, 0.4) is 0 Å². The molecule has 0 atom stereocenters. The summed E-state index contributed by atoms with van der Waals surface area (Å²) < 4.78 is 62.4. The first kappa shape index (κ1) is 102. The molecule has 43 nitrogen and oxygen atoms in total. The second-order valence-corrected chi connectivity index (χ2v) is 31.5. The number of halogens is 1. The minimum Gasteiger partial charge on any atom is -0.477 e. The second-order valence-electron chi connectivity index (χ2n) is 31.5. The van der Waals surface area contributed by atoms with Crippen molar-refractivity contribution < 1.29 is 115 Å². The van der Waals surface area contributed by atoms with Crippen LogP contribution in [0.1, 0.15) is 185 Å². The van der Waals surface area contributed by atoms with Crippen molar-refractivity contribution in [1.82, 2.24) is 50.2 Å². The summed E-state index contributed by atoms with van der Waals surface area (Å²) in [5.74, 6) is -5.91. The van der Waals surface area contributed by atoms with Crippen LogP contribution >= 0.6 is 12.4 Å². The van der Waals surface area contributed by atoms with Gasteiger partial charge in [-0.15, -0.1) is 12.4 Å². The van der Waals surface area contributed by atoms with E-state index in [2.05, 4.69) is 42.0 Å². The number of carbonyl (C=O) groups is 14. The predicted molar refractivity (Wildman–Crippen MR) is 475 cm³/mol. The molecule has 0 saturated heterocycles. The van der Waals surface area contributed by atoms with E-state index in [1.165, 1.54) is 139 Å². The van der Waals surface area contributed by atoms with E-state index in [-0.39, 0.29) is 99.9 Å². The van der Waals surface area contributed by atoms with Crippen molar-refractivity contribution in [3.63, 3.8) is 0 Å². The standard InChI is InChI=1S/2C24H29N5O7.C19H21N5O5.C17H22N4O5.CH4.ClH/c2*1-24(2,3)36-23(33)26-15-8-17(27(4)12-15)20(30)25-14-9-18(28(5)11-14)22(32)35-16-10-19(21(31)34-7)29(6)13-16;1-22-8-11(20)5-14(22)17(25)21-12-6-15(23(2)9-12)19(27)29-13-7-16(18(26)28-4)24(3)10-13;1-17(2,3)26-16(25)19-11-6-12(20(4)9-11)14(22)18-10-7-13(15(23)24)21(5)8-10;;/h2*8-13H,1-7H3,(H,25,30)(H,26,33);5-10H,20H2,1-4H3,(H,21,25);6-9H,1-5H3,(H,18,22)(H,19,25)(H,23,24);1H4;1H. The summed E-state index contributed by atoms with van der Waals surface area (Å²) in [6.45, 7) is 15.8. The molecule has 0 radical (unpaired) electrons. The molecule has 11 aromatic rings. The Labute approximate surface area is 746 Å². The van der Waals surface area contributed by atoms with Crippen molar-refractivity contribution in [1.29, 1.82) is 0 Å². The number of methoxy groups -OCH3 is 3. The van der Waals surface area contributed by atoms with Crippen LogP contribution in [0.15, 0.2) is 135 Å². The highest BCUT2D eigenvalue weighted by Crippen LogP contribution is 2.28. The van der Waals surface area contributed by atoms with Crippen molar-refractivity contribution in [3.05, 3.63) is 198 Å². The Morgan fingerprint density at radius 2 is 0.457 bits per heavy atom. The van der Waals surface area contributed by atoms with Gasteiger partial charge in [-0.1, -0.05) is 7.43 Å². The van der Waals surface area contributed by atoms with Crippen molar-refractivity contribution >= 4 is 142 Å². The molecule has 0 aromatic carbocycles. The van der Waals surface area contributed by atoms with Gasteiger partial charge in [0.2, 0.25) is 0 Å². The van der Waals surface area contributed by atoms with Crippen molar-refractivity contribution in [2.75, 3.05) is 64.3 Å². The lowest BCUT2D eigenvalue weighted by Crippen LogP contribution is -2.27. The molecule has 692 valence electrons. The van der Waals surface area contributed by atoms with E-state index in [9.17, 15) is 67.1 Å². The van der Waals surface area contributed by atoms with E-state index < -0.39 is 94.6 Å². The lowest BCUT2D eigenvalue weighted by atomic mass is 10.2. The van der Waals surface area contributed by atoms with Gasteiger partial charge >= 0.3 is 60.1 Å². The number of carboxylic acids is 1. The van der Waals surface area contributed by atoms with Crippen LogP contribution in [0.25, 0.3) is 0 Å². The molecular formula is C85H106ClN19O24. The highest BCUT2D eigenvalue weighted by molar-refractivity contribution is 6.08. The van der Waals surface area contributed by atoms with E-state index in [0.717, 1.165) is 0 Å². The topological polar surface area (TPSA) is 507 Å². The van der Waals surface area contributed by atoms with Gasteiger partial charge in [0, 0.05) is 164 Å². The Morgan fingerprint density at radius 3 is 0.667 bits per heavy atom. The number of carboxylic acid groups (broad SMARTS) is 1. The van der Waals surface area contributed by atoms with E-state index >= 15 is 0 Å². The third-order valence-corrected chi connectivity index (χ3v) is 17.6. The number of ether oxygens (including phenoxy) is 9. The third kappa shape index (κ3) is 27.8. The number of aryl methyl sites for hydroxylation is 11. The van der Waals surface area contributed by atoms with E-state index in [4.69, 9.17) is 48.7 Å². The Balaban J connectivity index is 0.000000266. The Bertz CT molecular complexity index is 5850. The Morgan fingerprint density at radius 1 is 0.271 bits per heavy atom. The Hall–Kier alpha value is -15.9. The molecule has 0 aliphatic rings. The largest absolute Gasteiger partial charge is 0.477 e. The van der Waals surface area contributed by atoms with Crippen LogP contribution < -0.4 is 57.2 Å². The van der Waals surface area contributed by atoms with E-state index in [0.29, 0.717) is 51.2 Å². The highest BCUT2D eigenvalue weighted by atomic mass is 35.5. The molecular weight excluding hydrogens is 1710 g/mol. The fraction of sp³-hybridized carbons (Fsp3) is 0.318. The Kier molecular flexibility index (Phi) is 33.4. The first-order valence-corrected chi connectivity index (χ1v) is 38.2. The van der Waals surface area contributed by atoms with Gasteiger partial charge in [0.25, 0.3) is 23.6 Å². The maximum absolute atomic E-state index is 12.8. The molecule has 0 bridgehead atoms. The van der Waals surface area contributed by atoms with Gasteiger partial charge in [-0.05, 0) is 111 Å². The predicted octanol–water partition coefficient (Wildman–Crippen LogP) is 11.9. The summed E-state index contributed by atoms with van der Waals surface area (Å²) in [5.41, 5.74) is 9.46. The van der Waals surface area contributed by atoms with Crippen LogP contribution in [0.5, 0.6) is 17.2 Å². The molecule has 11 rings (SSSR count). The van der Waals surface area contributed by atoms with Gasteiger partial charge in [0.1, 0.15) is 96.7 Å². The zero-order valence-electron chi connectivity index (χ0n) is 74.4. The number of rotatable bonds is 21.